The monoisotopic (exact) mass is 358 g/mol. The number of nitrogens with one attached hydrogen (secondary N) is 2. The van der Waals surface area contributed by atoms with Gasteiger partial charge in [0.2, 0.25) is 0 Å². The summed E-state index contributed by atoms with van der Waals surface area (Å²) in [6, 6.07) is 5.51. The number of amides is 2. The number of aliphatic hydroxyl groups is 1. The Kier molecular flexibility index (Phi) is 5.78. The lowest BCUT2D eigenvalue weighted by molar-refractivity contribution is 0.187. The first-order valence-corrected chi connectivity index (χ1v) is 8.97. The third kappa shape index (κ3) is 4.16. The number of carbonyl (C=O) groups excluding carboxylic acids is 1. The zero-order valence-corrected chi connectivity index (χ0v) is 15.3. The van der Waals surface area contributed by atoms with E-state index in [2.05, 4.69) is 15.5 Å². The number of H-pyrrole nitrogens is 1. The summed E-state index contributed by atoms with van der Waals surface area (Å²) in [6.07, 6.45) is 1.75. The van der Waals surface area contributed by atoms with Crippen LogP contribution in [0.15, 0.2) is 18.2 Å². The molecule has 140 valence electrons. The fraction of sp³-hybridized carbons (Fsp3) is 0.474. The van der Waals surface area contributed by atoms with Crippen molar-refractivity contribution in [3.63, 3.8) is 0 Å². The van der Waals surface area contributed by atoms with Crippen LogP contribution in [0.1, 0.15) is 34.5 Å². The van der Waals surface area contributed by atoms with Gasteiger partial charge in [-0.25, -0.2) is 4.79 Å². The van der Waals surface area contributed by atoms with Crippen LogP contribution in [-0.4, -0.2) is 45.9 Å². The van der Waals surface area contributed by atoms with Crippen LogP contribution in [0.3, 0.4) is 0 Å². The minimum atomic E-state index is -0.0866. The number of fused-ring (bicyclic) bond motifs is 1. The maximum Gasteiger partial charge on any atom is 0.317 e. The fourth-order valence-corrected chi connectivity index (χ4v) is 3.23. The standard InChI is InChI=1S/C19H26N4O3/c1-13-17(14(2)22-21-13)4-3-7-20-19(25)23-8-9-26-18-6-5-15(12-24)10-16(18)11-23/h5-6,10,24H,3-4,7-9,11-12H2,1-2H3,(H,20,25)(H,21,22). The molecule has 2 amide bonds. The molecule has 1 aromatic heterocycles. The predicted molar refractivity (Wildman–Crippen MR) is 98.1 cm³/mol. The van der Waals surface area contributed by atoms with Crippen molar-refractivity contribution in [1.29, 1.82) is 0 Å². The molecular weight excluding hydrogens is 332 g/mol. The number of hydrogen-bond acceptors (Lipinski definition) is 4. The van der Waals surface area contributed by atoms with Crippen LogP contribution >= 0.6 is 0 Å². The normalized spacial score (nSPS) is 13.7. The van der Waals surface area contributed by atoms with E-state index in [0.29, 0.717) is 26.2 Å². The summed E-state index contributed by atoms with van der Waals surface area (Å²) in [4.78, 5) is 14.3. The molecule has 3 rings (SSSR count). The number of hydrogen-bond donors (Lipinski definition) is 3. The van der Waals surface area contributed by atoms with E-state index in [1.54, 1.807) is 4.90 Å². The number of aliphatic hydroxyl groups excluding tert-OH is 1. The summed E-state index contributed by atoms with van der Waals surface area (Å²) < 4.78 is 5.72. The highest BCUT2D eigenvalue weighted by molar-refractivity contribution is 5.74. The van der Waals surface area contributed by atoms with E-state index in [9.17, 15) is 9.90 Å². The van der Waals surface area contributed by atoms with Crippen molar-refractivity contribution in [2.75, 3.05) is 19.7 Å². The van der Waals surface area contributed by atoms with E-state index in [1.165, 1.54) is 5.56 Å². The highest BCUT2D eigenvalue weighted by Crippen LogP contribution is 2.24. The van der Waals surface area contributed by atoms with Crippen molar-refractivity contribution >= 4 is 6.03 Å². The SMILES string of the molecule is Cc1n[nH]c(C)c1CCCNC(=O)N1CCOc2ccc(CO)cc2C1. The van der Waals surface area contributed by atoms with Crippen LogP contribution in [0.5, 0.6) is 5.75 Å². The maximum atomic E-state index is 12.5. The second-order valence-corrected chi connectivity index (χ2v) is 6.62. The quantitative estimate of drug-likeness (QED) is 0.714. The largest absolute Gasteiger partial charge is 0.491 e. The van der Waals surface area contributed by atoms with E-state index in [-0.39, 0.29) is 12.6 Å². The zero-order chi connectivity index (χ0) is 18.5. The Balaban J connectivity index is 1.52. The average molecular weight is 358 g/mol. The van der Waals surface area contributed by atoms with Crippen LogP contribution in [0.25, 0.3) is 0 Å². The number of rotatable bonds is 5. The molecule has 2 heterocycles. The smallest absolute Gasteiger partial charge is 0.317 e. The molecule has 0 saturated carbocycles. The first kappa shape index (κ1) is 18.3. The number of aromatic amines is 1. The number of nitrogens with zero attached hydrogens (tertiary/aromatic N) is 2. The molecule has 3 N–H and O–H groups in total. The Morgan fingerprint density at radius 3 is 3.00 bits per heavy atom. The fourth-order valence-electron chi connectivity index (χ4n) is 3.23. The predicted octanol–water partition coefficient (Wildman–Crippen LogP) is 2.06. The average Bonchev–Trinajstić information content (AvgIpc) is 2.85. The first-order chi connectivity index (χ1) is 12.6. The molecule has 0 bridgehead atoms. The molecule has 0 unspecified atom stereocenters. The van der Waals surface area contributed by atoms with Gasteiger partial charge in [-0.2, -0.15) is 5.10 Å². The third-order valence-electron chi connectivity index (χ3n) is 4.74. The second-order valence-electron chi connectivity index (χ2n) is 6.62. The topological polar surface area (TPSA) is 90.5 Å². The number of urea groups is 1. The lowest BCUT2D eigenvalue weighted by Crippen LogP contribution is -2.41. The first-order valence-electron chi connectivity index (χ1n) is 8.97. The molecule has 0 atom stereocenters. The molecule has 1 aromatic carbocycles. The minimum absolute atomic E-state index is 0.0215. The Labute approximate surface area is 153 Å². The summed E-state index contributed by atoms with van der Waals surface area (Å²) in [5.41, 5.74) is 5.09. The number of ether oxygens (including phenoxy) is 1. The lowest BCUT2D eigenvalue weighted by Gasteiger charge is -2.20. The molecule has 2 aromatic rings. The van der Waals surface area contributed by atoms with Gasteiger partial charge in [-0.05, 0) is 49.9 Å². The highest BCUT2D eigenvalue weighted by Gasteiger charge is 2.20. The summed E-state index contributed by atoms with van der Waals surface area (Å²) >= 11 is 0. The van der Waals surface area contributed by atoms with Crippen LogP contribution in [0.2, 0.25) is 0 Å². The van der Waals surface area contributed by atoms with Crippen molar-refractivity contribution in [3.8, 4) is 5.75 Å². The number of aromatic nitrogens is 2. The summed E-state index contributed by atoms with van der Waals surface area (Å²) in [6.45, 7) is 6.09. The molecule has 7 heteroatoms. The lowest BCUT2D eigenvalue weighted by atomic mass is 10.1. The zero-order valence-electron chi connectivity index (χ0n) is 15.3. The van der Waals surface area contributed by atoms with Gasteiger partial charge >= 0.3 is 6.03 Å². The molecule has 0 radical (unpaired) electrons. The van der Waals surface area contributed by atoms with Gasteiger partial charge in [0.25, 0.3) is 0 Å². The number of aryl methyl sites for hydroxylation is 2. The van der Waals surface area contributed by atoms with Crippen molar-refractivity contribution in [1.82, 2.24) is 20.4 Å². The molecule has 1 aliphatic heterocycles. The van der Waals surface area contributed by atoms with Gasteiger partial charge in [0.05, 0.1) is 25.4 Å². The third-order valence-corrected chi connectivity index (χ3v) is 4.74. The number of benzene rings is 1. The van der Waals surface area contributed by atoms with Crippen molar-refractivity contribution < 1.29 is 14.6 Å². The van der Waals surface area contributed by atoms with Gasteiger partial charge in [0.15, 0.2) is 0 Å². The van der Waals surface area contributed by atoms with Gasteiger partial charge in [-0.15, -0.1) is 0 Å². The molecule has 26 heavy (non-hydrogen) atoms. The van der Waals surface area contributed by atoms with Gasteiger partial charge in [0.1, 0.15) is 12.4 Å². The molecule has 0 spiro atoms. The van der Waals surface area contributed by atoms with Crippen LogP contribution in [0.4, 0.5) is 4.79 Å². The highest BCUT2D eigenvalue weighted by atomic mass is 16.5. The van der Waals surface area contributed by atoms with E-state index < -0.39 is 0 Å². The van der Waals surface area contributed by atoms with E-state index in [4.69, 9.17) is 4.74 Å². The maximum absolute atomic E-state index is 12.5. The van der Waals surface area contributed by atoms with Gasteiger partial charge < -0.3 is 20.1 Å². The Bertz CT molecular complexity index is 753. The minimum Gasteiger partial charge on any atom is -0.491 e. The van der Waals surface area contributed by atoms with Gasteiger partial charge in [-0.1, -0.05) is 6.07 Å². The Morgan fingerprint density at radius 1 is 1.42 bits per heavy atom. The van der Waals surface area contributed by atoms with E-state index in [0.717, 1.165) is 41.1 Å². The van der Waals surface area contributed by atoms with E-state index >= 15 is 0 Å². The summed E-state index contributed by atoms with van der Waals surface area (Å²) in [7, 11) is 0. The van der Waals surface area contributed by atoms with Crippen LogP contribution in [-0.2, 0) is 19.6 Å². The molecule has 0 saturated heterocycles. The summed E-state index contributed by atoms with van der Waals surface area (Å²) in [5, 5.41) is 19.5. The Hall–Kier alpha value is -2.54. The van der Waals surface area contributed by atoms with Gasteiger partial charge in [0, 0.05) is 17.8 Å². The van der Waals surface area contributed by atoms with Gasteiger partial charge in [-0.3, -0.25) is 5.10 Å². The van der Waals surface area contributed by atoms with Crippen LogP contribution < -0.4 is 10.1 Å². The van der Waals surface area contributed by atoms with Crippen molar-refractivity contribution in [2.24, 2.45) is 0 Å². The van der Waals surface area contributed by atoms with E-state index in [1.807, 2.05) is 32.0 Å². The van der Waals surface area contributed by atoms with Crippen molar-refractivity contribution in [2.45, 2.75) is 39.8 Å². The number of carbonyl (C=O) groups is 1. The molecule has 7 nitrogen and oxygen atoms in total. The van der Waals surface area contributed by atoms with Crippen molar-refractivity contribution in [3.05, 3.63) is 46.3 Å². The molecule has 0 aliphatic carbocycles. The van der Waals surface area contributed by atoms with Crippen LogP contribution in [0, 0.1) is 13.8 Å². The molecular formula is C19H26N4O3. The molecule has 0 fully saturated rings. The summed E-state index contributed by atoms with van der Waals surface area (Å²) in [5.74, 6) is 0.781. The second kappa shape index (κ2) is 8.23. The molecule has 1 aliphatic rings. The Morgan fingerprint density at radius 2 is 2.27 bits per heavy atom.